The molecule has 172 valence electrons. The van der Waals surface area contributed by atoms with Gasteiger partial charge in [-0.15, -0.1) is 0 Å². The molecular formula is C22H26N2O6S2. The Kier molecular flexibility index (Phi) is 8.05. The van der Waals surface area contributed by atoms with Crippen molar-refractivity contribution in [2.24, 2.45) is 4.99 Å². The van der Waals surface area contributed by atoms with Crippen molar-refractivity contribution in [2.45, 2.75) is 24.8 Å². The van der Waals surface area contributed by atoms with Crippen molar-refractivity contribution in [3.05, 3.63) is 47.3 Å². The summed E-state index contributed by atoms with van der Waals surface area (Å²) in [5.74, 6) is 0.456. The Morgan fingerprint density at radius 1 is 1.06 bits per heavy atom. The molecule has 0 saturated carbocycles. The molecule has 1 aromatic heterocycles. The summed E-state index contributed by atoms with van der Waals surface area (Å²) in [4.78, 5) is 17.4. The van der Waals surface area contributed by atoms with Crippen molar-refractivity contribution in [3.63, 3.8) is 0 Å². The predicted octanol–water partition coefficient (Wildman–Crippen LogP) is 3.05. The van der Waals surface area contributed by atoms with Gasteiger partial charge in [0, 0.05) is 19.6 Å². The summed E-state index contributed by atoms with van der Waals surface area (Å²) in [6.45, 7) is 3.50. The fourth-order valence-electron chi connectivity index (χ4n) is 3.07. The van der Waals surface area contributed by atoms with E-state index in [4.69, 9.17) is 14.2 Å². The SMILES string of the molecule is CCOCCn1c(=NC(=O)CCS(=O)(=O)c2ccc(OC)cc2)sc2cc(OC)ccc21. The van der Waals surface area contributed by atoms with Crippen LogP contribution in [-0.2, 0) is 25.9 Å². The molecule has 0 aliphatic heterocycles. The number of rotatable bonds is 10. The summed E-state index contributed by atoms with van der Waals surface area (Å²) < 4.78 is 43.8. The lowest BCUT2D eigenvalue weighted by Crippen LogP contribution is -2.20. The molecule has 0 atom stereocenters. The molecule has 0 aliphatic rings. The highest BCUT2D eigenvalue weighted by Gasteiger charge is 2.17. The molecule has 0 bridgehead atoms. The third-order valence-electron chi connectivity index (χ3n) is 4.78. The van der Waals surface area contributed by atoms with E-state index in [0.29, 0.717) is 36.1 Å². The van der Waals surface area contributed by atoms with Gasteiger partial charge in [-0.3, -0.25) is 4.79 Å². The van der Waals surface area contributed by atoms with E-state index in [1.54, 1.807) is 19.2 Å². The molecule has 1 heterocycles. The quantitative estimate of drug-likeness (QED) is 0.416. The van der Waals surface area contributed by atoms with Crippen molar-refractivity contribution >= 4 is 37.3 Å². The van der Waals surface area contributed by atoms with Gasteiger partial charge in [-0.2, -0.15) is 4.99 Å². The Morgan fingerprint density at radius 2 is 1.75 bits per heavy atom. The molecule has 32 heavy (non-hydrogen) atoms. The summed E-state index contributed by atoms with van der Waals surface area (Å²) in [6.07, 6.45) is -0.211. The number of methoxy groups -OCH3 is 2. The molecule has 3 aromatic rings. The summed E-state index contributed by atoms with van der Waals surface area (Å²) in [5.41, 5.74) is 0.910. The van der Waals surface area contributed by atoms with Gasteiger partial charge in [0.15, 0.2) is 14.6 Å². The zero-order valence-corrected chi connectivity index (χ0v) is 19.9. The first-order valence-electron chi connectivity index (χ1n) is 10.1. The maximum absolute atomic E-state index is 12.6. The molecule has 0 spiro atoms. The van der Waals surface area contributed by atoms with E-state index in [0.717, 1.165) is 10.2 Å². The summed E-state index contributed by atoms with van der Waals surface area (Å²) in [6, 6.07) is 11.7. The van der Waals surface area contributed by atoms with Crippen LogP contribution in [0.4, 0.5) is 0 Å². The third-order valence-corrected chi connectivity index (χ3v) is 7.55. The topological polar surface area (TPSA) is 96.2 Å². The zero-order chi connectivity index (χ0) is 23.1. The van der Waals surface area contributed by atoms with Crippen LogP contribution in [0, 0.1) is 0 Å². The van der Waals surface area contributed by atoms with Gasteiger partial charge in [-0.05, 0) is 49.4 Å². The van der Waals surface area contributed by atoms with Crippen molar-refractivity contribution in [3.8, 4) is 11.5 Å². The van der Waals surface area contributed by atoms with Gasteiger partial charge in [0.2, 0.25) is 5.91 Å². The highest BCUT2D eigenvalue weighted by molar-refractivity contribution is 7.91. The second-order valence-electron chi connectivity index (χ2n) is 6.82. The molecule has 2 aromatic carbocycles. The normalized spacial score (nSPS) is 12.3. The van der Waals surface area contributed by atoms with Gasteiger partial charge in [-0.1, -0.05) is 11.3 Å². The van der Waals surface area contributed by atoms with Gasteiger partial charge in [0.05, 0.1) is 41.7 Å². The molecule has 0 unspecified atom stereocenters. The van der Waals surface area contributed by atoms with E-state index in [1.807, 2.05) is 29.7 Å². The highest BCUT2D eigenvalue weighted by Crippen LogP contribution is 2.23. The minimum absolute atomic E-state index is 0.145. The summed E-state index contributed by atoms with van der Waals surface area (Å²) in [5, 5.41) is 0. The maximum atomic E-state index is 12.6. The molecular weight excluding hydrogens is 452 g/mol. The number of fused-ring (bicyclic) bond motifs is 1. The fourth-order valence-corrected chi connectivity index (χ4v) is 5.40. The lowest BCUT2D eigenvalue weighted by molar-refractivity contribution is -0.117. The van der Waals surface area contributed by atoms with Gasteiger partial charge in [0.1, 0.15) is 11.5 Å². The van der Waals surface area contributed by atoms with Crippen molar-refractivity contribution in [1.82, 2.24) is 4.57 Å². The first-order valence-corrected chi connectivity index (χ1v) is 12.5. The standard InChI is InChI=1S/C22H26N2O6S2/c1-4-30-13-12-24-19-10-7-17(29-3)15-20(19)31-22(24)23-21(25)11-14-32(26,27)18-8-5-16(28-2)6-9-18/h5-10,15H,4,11-14H2,1-3H3. The number of hydrogen-bond acceptors (Lipinski definition) is 7. The van der Waals surface area contributed by atoms with Crippen LogP contribution >= 0.6 is 11.3 Å². The van der Waals surface area contributed by atoms with E-state index >= 15 is 0 Å². The molecule has 10 heteroatoms. The number of amides is 1. The zero-order valence-electron chi connectivity index (χ0n) is 18.2. The Balaban J connectivity index is 1.83. The average molecular weight is 479 g/mol. The molecule has 0 radical (unpaired) electrons. The minimum atomic E-state index is -3.61. The Bertz CT molecular complexity index is 1240. The van der Waals surface area contributed by atoms with Gasteiger partial charge >= 0.3 is 0 Å². The predicted molar refractivity (Wildman–Crippen MR) is 123 cm³/mol. The number of hydrogen-bond donors (Lipinski definition) is 0. The lowest BCUT2D eigenvalue weighted by Gasteiger charge is -2.06. The Labute approximate surface area is 191 Å². The van der Waals surface area contributed by atoms with E-state index in [2.05, 4.69) is 4.99 Å². The molecule has 1 amide bonds. The van der Waals surface area contributed by atoms with Crippen LogP contribution < -0.4 is 14.3 Å². The smallest absolute Gasteiger partial charge is 0.249 e. The van der Waals surface area contributed by atoms with Crippen LogP contribution in [0.3, 0.4) is 0 Å². The number of thiazole rings is 1. The first-order chi connectivity index (χ1) is 15.4. The second-order valence-corrected chi connectivity index (χ2v) is 9.94. The second kappa shape index (κ2) is 10.8. The Hall–Kier alpha value is -2.69. The van der Waals surface area contributed by atoms with Crippen LogP contribution in [0.25, 0.3) is 10.2 Å². The third kappa shape index (κ3) is 5.76. The number of benzene rings is 2. The minimum Gasteiger partial charge on any atom is -0.497 e. The van der Waals surface area contributed by atoms with Crippen LogP contribution in [0.15, 0.2) is 52.4 Å². The maximum Gasteiger partial charge on any atom is 0.249 e. The summed E-state index contributed by atoms with van der Waals surface area (Å²) >= 11 is 1.35. The molecule has 0 aliphatic carbocycles. The number of sulfone groups is 1. The largest absolute Gasteiger partial charge is 0.497 e. The molecule has 0 fully saturated rings. The van der Waals surface area contributed by atoms with E-state index < -0.39 is 15.7 Å². The molecule has 3 rings (SSSR count). The van der Waals surface area contributed by atoms with Crippen LogP contribution in [0.5, 0.6) is 11.5 Å². The fraction of sp³-hybridized carbons (Fsp3) is 0.364. The summed E-state index contributed by atoms with van der Waals surface area (Å²) in [7, 11) is -0.509. The van der Waals surface area contributed by atoms with Crippen LogP contribution in [0.2, 0.25) is 0 Å². The average Bonchev–Trinajstić information content (AvgIpc) is 3.14. The molecule has 0 N–H and O–H groups in total. The Morgan fingerprint density at radius 3 is 2.41 bits per heavy atom. The van der Waals surface area contributed by atoms with Crippen LogP contribution in [-0.4, -0.2) is 52.1 Å². The van der Waals surface area contributed by atoms with Crippen molar-refractivity contribution in [1.29, 1.82) is 0 Å². The van der Waals surface area contributed by atoms with Crippen molar-refractivity contribution < 1.29 is 27.4 Å². The number of carbonyl (C=O) groups is 1. The molecule has 0 saturated heterocycles. The monoisotopic (exact) mass is 478 g/mol. The van der Waals surface area contributed by atoms with Gasteiger partial charge < -0.3 is 18.8 Å². The first kappa shape index (κ1) is 24.0. The van der Waals surface area contributed by atoms with E-state index in [1.165, 1.54) is 30.6 Å². The van der Waals surface area contributed by atoms with E-state index in [-0.39, 0.29) is 17.1 Å². The number of nitrogens with zero attached hydrogens (tertiary/aromatic N) is 2. The lowest BCUT2D eigenvalue weighted by atomic mass is 10.3. The van der Waals surface area contributed by atoms with Crippen molar-refractivity contribution in [2.75, 3.05) is 33.2 Å². The molecule has 8 nitrogen and oxygen atoms in total. The van der Waals surface area contributed by atoms with E-state index in [9.17, 15) is 13.2 Å². The van der Waals surface area contributed by atoms with Crippen LogP contribution in [0.1, 0.15) is 13.3 Å². The van der Waals surface area contributed by atoms with Gasteiger partial charge in [-0.25, -0.2) is 8.42 Å². The number of carbonyl (C=O) groups excluding carboxylic acids is 1. The number of aromatic nitrogens is 1. The number of ether oxygens (including phenoxy) is 3. The van der Waals surface area contributed by atoms with Gasteiger partial charge in [0.25, 0.3) is 0 Å². The highest BCUT2D eigenvalue weighted by atomic mass is 32.2.